The minimum absolute atomic E-state index is 0.0454. The minimum Gasteiger partial charge on any atom is -0.486 e. The molecular formula is C19H19N5O4S. The molecule has 3 rings (SSSR count). The summed E-state index contributed by atoms with van der Waals surface area (Å²) in [6, 6.07) is 15.4. The topological polar surface area (TPSA) is 112 Å². The number of amides is 1. The number of para-hydroxylation sites is 3. The van der Waals surface area contributed by atoms with Crippen LogP contribution in [0.2, 0.25) is 0 Å². The number of rotatable bonds is 9. The Morgan fingerprint density at radius 1 is 1.17 bits per heavy atom. The number of hydrogen-bond acceptors (Lipinski definition) is 7. The monoisotopic (exact) mass is 413 g/mol. The molecule has 0 radical (unpaired) electrons. The number of ether oxygens (including phenoxy) is 1. The quantitative estimate of drug-likeness (QED) is 0.324. The van der Waals surface area contributed by atoms with E-state index in [4.69, 9.17) is 4.74 Å². The van der Waals surface area contributed by atoms with Gasteiger partial charge in [-0.1, -0.05) is 42.1 Å². The van der Waals surface area contributed by atoms with E-state index in [9.17, 15) is 14.9 Å². The van der Waals surface area contributed by atoms with Crippen molar-refractivity contribution >= 4 is 29.0 Å². The lowest BCUT2D eigenvalue weighted by atomic mass is 10.2. The molecule has 0 aliphatic rings. The molecule has 2 aromatic carbocycles. The number of thioether (sulfide) groups is 1. The Labute approximate surface area is 171 Å². The van der Waals surface area contributed by atoms with Gasteiger partial charge in [0.1, 0.15) is 18.0 Å². The first-order chi connectivity index (χ1) is 14.1. The first kappa shape index (κ1) is 20.3. The number of nitrogens with one attached hydrogen (secondary N) is 1. The fourth-order valence-corrected chi connectivity index (χ4v) is 3.39. The molecule has 9 nitrogen and oxygen atoms in total. The highest BCUT2D eigenvalue weighted by Crippen LogP contribution is 2.24. The average molecular weight is 413 g/mol. The summed E-state index contributed by atoms with van der Waals surface area (Å²) >= 11 is 1.21. The summed E-state index contributed by atoms with van der Waals surface area (Å²) in [4.78, 5) is 22.8. The van der Waals surface area contributed by atoms with E-state index in [1.54, 1.807) is 12.1 Å². The maximum absolute atomic E-state index is 12.2. The zero-order valence-corrected chi connectivity index (χ0v) is 16.5. The van der Waals surface area contributed by atoms with E-state index in [0.717, 1.165) is 5.75 Å². The van der Waals surface area contributed by atoms with Crippen LogP contribution in [0.1, 0.15) is 12.7 Å². The van der Waals surface area contributed by atoms with Crippen molar-refractivity contribution in [2.45, 2.75) is 25.2 Å². The van der Waals surface area contributed by atoms with E-state index in [-0.39, 0.29) is 29.6 Å². The van der Waals surface area contributed by atoms with Gasteiger partial charge in [-0.05, 0) is 25.1 Å². The van der Waals surface area contributed by atoms with E-state index >= 15 is 0 Å². The molecule has 0 atom stereocenters. The van der Waals surface area contributed by atoms with Gasteiger partial charge >= 0.3 is 0 Å². The highest BCUT2D eigenvalue weighted by Gasteiger charge is 2.17. The van der Waals surface area contributed by atoms with E-state index in [1.165, 1.54) is 23.9 Å². The van der Waals surface area contributed by atoms with Crippen molar-refractivity contribution in [1.82, 2.24) is 14.8 Å². The third-order valence-corrected chi connectivity index (χ3v) is 4.89. The third kappa shape index (κ3) is 5.32. The second-order valence-electron chi connectivity index (χ2n) is 5.86. The number of hydrogen-bond donors (Lipinski definition) is 1. The standard InChI is InChI=1S/C19H19N5O4S/c1-2-23-17(12-28-14-8-4-3-5-9-14)21-22-19(23)29-13-18(25)20-15-10-6-7-11-16(15)24(26)27/h3-11H,2,12-13H2,1H3,(H,20,25). The van der Waals surface area contributed by atoms with E-state index in [2.05, 4.69) is 15.5 Å². The molecule has 0 bridgehead atoms. The first-order valence-electron chi connectivity index (χ1n) is 8.84. The first-order valence-corrected chi connectivity index (χ1v) is 9.83. The second kappa shape index (κ2) is 9.69. The van der Waals surface area contributed by atoms with Gasteiger partial charge in [-0.15, -0.1) is 10.2 Å². The third-order valence-electron chi connectivity index (χ3n) is 3.93. The summed E-state index contributed by atoms with van der Waals surface area (Å²) < 4.78 is 7.58. The molecule has 0 fully saturated rings. The predicted molar refractivity (Wildman–Crippen MR) is 109 cm³/mol. The predicted octanol–water partition coefficient (Wildman–Crippen LogP) is 3.52. The number of carbonyl (C=O) groups excluding carboxylic acids is 1. The van der Waals surface area contributed by atoms with Crippen LogP contribution in [0.15, 0.2) is 59.8 Å². The summed E-state index contributed by atoms with van der Waals surface area (Å²) in [5.41, 5.74) is 0.0138. The summed E-state index contributed by atoms with van der Waals surface area (Å²) in [5.74, 6) is 1.06. The zero-order chi connectivity index (χ0) is 20.6. The van der Waals surface area contributed by atoms with E-state index in [1.807, 2.05) is 41.8 Å². The molecular weight excluding hydrogens is 394 g/mol. The number of carbonyl (C=O) groups is 1. The largest absolute Gasteiger partial charge is 0.486 e. The van der Waals surface area contributed by atoms with Gasteiger partial charge in [-0.3, -0.25) is 14.9 Å². The minimum atomic E-state index is -0.532. The fourth-order valence-electron chi connectivity index (χ4n) is 2.57. The highest BCUT2D eigenvalue weighted by molar-refractivity contribution is 7.99. The molecule has 0 spiro atoms. The maximum atomic E-state index is 12.2. The molecule has 1 amide bonds. The summed E-state index contributed by atoms with van der Waals surface area (Å²) in [5, 5.41) is 22.5. The Hall–Kier alpha value is -3.40. The van der Waals surface area contributed by atoms with Gasteiger partial charge in [0.05, 0.1) is 10.7 Å². The molecule has 1 N–H and O–H groups in total. The SMILES string of the molecule is CCn1c(COc2ccccc2)nnc1SCC(=O)Nc1ccccc1[N+](=O)[O-]. The van der Waals surface area contributed by atoms with Crippen molar-refractivity contribution in [1.29, 1.82) is 0 Å². The van der Waals surface area contributed by atoms with Crippen LogP contribution in [0, 0.1) is 10.1 Å². The number of benzene rings is 2. The van der Waals surface area contributed by atoms with Gasteiger partial charge in [0.15, 0.2) is 11.0 Å². The van der Waals surface area contributed by atoms with Crippen LogP contribution in [0.25, 0.3) is 0 Å². The number of anilines is 1. The summed E-state index contributed by atoms with van der Waals surface area (Å²) in [6.45, 7) is 2.83. The van der Waals surface area contributed by atoms with Crippen LogP contribution in [0.5, 0.6) is 5.75 Å². The lowest BCUT2D eigenvalue weighted by Gasteiger charge is -2.09. The van der Waals surface area contributed by atoms with Crippen LogP contribution in [0.3, 0.4) is 0 Å². The number of nitro groups is 1. The number of nitro benzene ring substituents is 1. The van der Waals surface area contributed by atoms with E-state index < -0.39 is 4.92 Å². The lowest BCUT2D eigenvalue weighted by molar-refractivity contribution is -0.383. The average Bonchev–Trinajstić information content (AvgIpc) is 3.13. The van der Waals surface area contributed by atoms with Crippen LogP contribution in [-0.4, -0.2) is 31.3 Å². The normalized spacial score (nSPS) is 10.5. The Bertz CT molecular complexity index is 993. The molecule has 0 aliphatic carbocycles. The van der Waals surface area contributed by atoms with Crippen LogP contribution >= 0.6 is 11.8 Å². The van der Waals surface area contributed by atoms with Gasteiger partial charge in [0.2, 0.25) is 5.91 Å². The van der Waals surface area contributed by atoms with Crippen molar-refractivity contribution < 1.29 is 14.5 Å². The number of nitrogens with zero attached hydrogens (tertiary/aromatic N) is 4. The lowest BCUT2D eigenvalue weighted by Crippen LogP contribution is -2.15. The van der Waals surface area contributed by atoms with Crippen molar-refractivity contribution in [3.63, 3.8) is 0 Å². The van der Waals surface area contributed by atoms with Gasteiger partial charge in [-0.2, -0.15) is 0 Å². The molecule has 0 aliphatic heterocycles. The molecule has 0 unspecified atom stereocenters. The van der Waals surface area contributed by atoms with E-state index in [0.29, 0.717) is 17.5 Å². The molecule has 0 saturated carbocycles. The van der Waals surface area contributed by atoms with Crippen molar-refractivity contribution in [2.75, 3.05) is 11.1 Å². The molecule has 150 valence electrons. The molecule has 10 heteroatoms. The van der Waals surface area contributed by atoms with Crippen LogP contribution in [0.4, 0.5) is 11.4 Å². The Kier molecular flexibility index (Phi) is 6.80. The Balaban J connectivity index is 1.60. The fraction of sp³-hybridized carbons (Fsp3) is 0.211. The van der Waals surface area contributed by atoms with Crippen molar-refractivity contribution in [3.8, 4) is 5.75 Å². The van der Waals surface area contributed by atoms with Gasteiger partial charge in [0, 0.05) is 12.6 Å². The van der Waals surface area contributed by atoms with Crippen molar-refractivity contribution in [3.05, 3.63) is 70.5 Å². The smallest absolute Gasteiger partial charge is 0.292 e. The van der Waals surface area contributed by atoms with Gasteiger partial charge in [-0.25, -0.2) is 0 Å². The van der Waals surface area contributed by atoms with Gasteiger partial charge in [0.25, 0.3) is 5.69 Å². The van der Waals surface area contributed by atoms with Crippen molar-refractivity contribution in [2.24, 2.45) is 0 Å². The molecule has 0 saturated heterocycles. The molecule has 1 heterocycles. The number of aromatic nitrogens is 3. The van der Waals surface area contributed by atoms with Gasteiger partial charge < -0.3 is 14.6 Å². The maximum Gasteiger partial charge on any atom is 0.292 e. The molecule has 29 heavy (non-hydrogen) atoms. The Morgan fingerprint density at radius 2 is 1.90 bits per heavy atom. The van der Waals surface area contributed by atoms with Crippen LogP contribution in [-0.2, 0) is 17.9 Å². The zero-order valence-electron chi connectivity index (χ0n) is 15.6. The summed E-state index contributed by atoms with van der Waals surface area (Å²) in [6.07, 6.45) is 0. The molecule has 3 aromatic rings. The second-order valence-corrected chi connectivity index (χ2v) is 6.80. The molecule has 1 aromatic heterocycles. The highest BCUT2D eigenvalue weighted by atomic mass is 32.2. The van der Waals surface area contributed by atoms with Crippen LogP contribution < -0.4 is 10.1 Å². The Morgan fingerprint density at radius 3 is 2.62 bits per heavy atom. The summed E-state index contributed by atoms with van der Waals surface area (Å²) in [7, 11) is 0.